The fraction of sp³-hybridized carbons (Fsp3) is 0.440. The van der Waals surface area contributed by atoms with Gasteiger partial charge in [-0.1, -0.05) is 126 Å². The molecule has 0 N–H and O–H groups in total. The number of hydrogen-bond acceptors (Lipinski definition) is 3. The molecule has 0 unspecified atom stereocenters. The number of hydrogen-bond donors (Lipinski definition) is 0. The van der Waals surface area contributed by atoms with Gasteiger partial charge in [0.05, 0.1) is 11.3 Å². The third-order valence-electron chi connectivity index (χ3n) is 12.9. The maximum atomic E-state index is 7.53. The van der Waals surface area contributed by atoms with Crippen LogP contribution in [0.2, 0.25) is 0 Å². The monoisotopic (exact) mass is 716 g/mol. The Morgan fingerprint density at radius 2 is 1.09 bits per heavy atom. The molecule has 0 saturated heterocycles. The molecule has 0 radical (unpaired) electrons. The average molecular weight is 717 g/mol. The third-order valence-corrected chi connectivity index (χ3v) is 12.9. The van der Waals surface area contributed by atoms with E-state index < -0.39 is 0 Å². The van der Waals surface area contributed by atoms with E-state index in [1.807, 2.05) is 0 Å². The van der Waals surface area contributed by atoms with Gasteiger partial charge in [-0.15, -0.1) is 0 Å². The lowest BCUT2D eigenvalue weighted by Crippen LogP contribution is -2.61. The molecule has 3 nitrogen and oxygen atoms in total. The van der Waals surface area contributed by atoms with Crippen molar-refractivity contribution in [3.05, 3.63) is 112 Å². The van der Waals surface area contributed by atoms with Crippen LogP contribution >= 0.6 is 0 Å². The standard InChI is InChI=1S/C50H61BN2O/c1-30-26-39-42-40(27-30)53(37-22-18-33(28-31(37)2)47(6,7)8)38-23-19-34(48(9,10)11)29-36(38)51(42)45-43(41-44(54-45)50(14,15)25-24-49(41,12)13)52(39)35-20-16-32(17-21-35)46(3,4)5/h16-23,26-29H,24-25H2,1-15H3. The SMILES string of the molecule is Cc1cc2c3c(c1)N(c1ccc(C(C)(C)C)cc1)c1c(oc4c1C(C)(C)CCC4(C)C)B3c1cc(C(C)(C)C)ccc1N2c1ccc(C(C)(C)C)cc1C. The van der Waals surface area contributed by atoms with Gasteiger partial charge in [0, 0.05) is 39.4 Å². The molecule has 4 aromatic carbocycles. The van der Waals surface area contributed by atoms with E-state index in [4.69, 9.17) is 4.42 Å². The fourth-order valence-corrected chi connectivity index (χ4v) is 9.40. The van der Waals surface area contributed by atoms with Crippen molar-refractivity contribution < 1.29 is 4.42 Å². The molecule has 0 fully saturated rings. The van der Waals surface area contributed by atoms with Gasteiger partial charge in [-0.05, 0) is 123 Å². The number of anilines is 6. The minimum Gasteiger partial charge on any atom is -0.472 e. The van der Waals surface area contributed by atoms with Crippen molar-refractivity contribution in [2.24, 2.45) is 0 Å². The van der Waals surface area contributed by atoms with Gasteiger partial charge < -0.3 is 14.2 Å². The van der Waals surface area contributed by atoms with E-state index in [9.17, 15) is 0 Å². The lowest BCUT2D eigenvalue weighted by atomic mass is 9.35. The Morgan fingerprint density at radius 1 is 0.574 bits per heavy atom. The predicted octanol–water partition coefficient (Wildman–Crippen LogP) is 12.2. The molecule has 3 aliphatic rings. The molecule has 280 valence electrons. The predicted molar refractivity (Wildman–Crippen MR) is 234 cm³/mol. The van der Waals surface area contributed by atoms with Gasteiger partial charge in [0.15, 0.2) is 0 Å². The molecule has 0 saturated carbocycles. The van der Waals surface area contributed by atoms with Crippen LogP contribution in [0.3, 0.4) is 0 Å². The quantitative estimate of drug-likeness (QED) is 0.166. The van der Waals surface area contributed by atoms with Gasteiger partial charge in [0.2, 0.25) is 0 Å². The number of aryl methyl sites for hydroxylation is 2. The van der Waals surface area contributed by atoms with Crippen LogP contribution in [0, 0.1) is 13.8 Å². The zero-order valence-corrected chi connectivity index (χ0v) is 35.7. The lowest BCUT2D eigenvalue weighted by Gasteiger charge is -2.45. The third kappa shape index (κ3) is 5.60. The summed E-state index contributed by atoms with van der Waals surface area (Å²) in [5, 5.41) is 0. The smallest absolute Gasteiger partial charge is 0.297 e. The summed E-state index contributed by atoms with van der Waals surface area (Å²) in [7, 11) is 0. The van der Waals surface area contributed by atoms with Gasteiger partial charge in [0.25, 0.3) is 6.71 Å². The second-order valence-corrected chi connectivity index (χ2v) is 21.2. The van der Waals surface area contributed by atoms with Gasteiger partial charge in [-0.25, -0.2) is 0 Å². The number of nitrogens with zero attached hydrogens (tertiary/aromatic N) is 2. The zero-order chi connectivity index (χ0) is 39.1. The Balaban J connectivity index is 1.50. The molecule has 8 rings (SSSR count). The molecule has 3 heterocycles. The average Bonchev–Trinajstić information content (AvgIpc) is 3.48. The number of benzene rings is 4. The second-order valence-electron chi connectivity index (χ2n) is 21.2. The molecule has 0 bridgehead atoms. The maximum absolute atomic E-state index is 7.53. The van der Waals surface area contributed by atoms with Crippen LogP contribution in [0.15, 0.2) is 77.2 Å². The minimum atomic E-state index is -0.0718. The topological polar surface area (TPSA) is 19.6 Å². The van der Waals surface area contributed by atoms with E-state index in [-0.39, 0.29) is 33.8 Å². The Labute approximate surface area is 326 Å². The van der Waals surface area contributed by atoms with Crippen molar-refractivity contribution in [1.29, 1.82) is 0 Å². The van der Waals surface area contributed by atoms with Crippen molar-refractivity contribution in [3.63, 3.8) is 0 Å². The Hall–Kier alpha value is -4.18. The fourth-order valence-electron chi connectivity index (χ4n) is 9.40. The van der Waals surface area contributed by atoms with Crippen molar-refractivity contribution in [2.45, 2.75) is 144 Å². The number of fused-ring (bicyclic) bond motifs is 6. The lowest BCUT2D eigenvalue weighted by molar-refractivity contribution is 0.282. The molecular weight excluding hydrogens is 655 g/mol. The minimum absolute atomic E-state index is 0.00870. The highest BCUT2D eigenvalue weighted by Crippen LogP contribution is 2.55. The molecule has 54 heavy (non-hydrogen) atoms. The Morgan fingerprint density at radius 3 is 1.67 bits per heavy atom. The van der Waals surface area contributed by atoms with E-state index in [1.165, 1.54) is 78.4 Å². The molecule has 1 aromatic heterocycles. The summed E-state index contributed by atoms with van der Waals surface area (Å²) in [6.07, 6.45) is 2.22. The summed E-state index contributed by atoms with van der Waals surface area (Å²) in [5.41, 5.74) is 19.1. The molecule has 5 aromatic rings. The summed E-state index contributed by atoms with van der Waals surface area (Å²) in [5.74, 6) is 1.16. The normalized spacial score (nSPS) is 17.2. The van der Waals surface area contributed by atoms with E-state index in [1.54, 1.807) is 0 Å². The van der Waals surface area contributed by atoms with Crippen LogP contribution in [-0.2, 0) is 27.1 Å². The molecule has 0 amide bonds. The summed E-state index contributed by atoms with van der Waals surface area (Å²) in [6, 6.07) is 28.6. The highest BCUT2D eigenvalue weighted by molar-refractivity contribution is 6.99. The Kier molecular flexibility index (Phi) is 7.95. The van der Waals surface area contributed by atoms with Crippen LogP contribution in [0.4, 0.5) is 34.1 Å². The van der Waals surface area contributed by atoms with Crippen LogP contribution in [0.1, 0.15) is 142 Å². The highest BCUT2D eigenvalue weighted by atomic mass is 16.3. The molecular formula is C50H61BN2O. The van der Waals surface area contributed by atoms with Crippen molar-refractivity contribution >= 4 is 57.4 Å². The first kappa shape index (κ1) is 36.8. The maximum Gasteiger partial charge on any atom is 0.297 e. The molecule has 1 aliphatic carbocycles. The van der Waals surface area contributed by atoms with Crippen LogP contribution in [0.25, 0.3) is 0 Å². The van der Waals surface area contributed by atoms with E-state index >= 15 is 0 Å². The summed E-state index contributed by atoms with van der Waals surface area (Å²) < 4.78 is 7.53. The number of rotatable bonds is 2. The molecule has 4 heteroatoms. The van der Waals surface area contributed by atoms with Gasteiger partial charge in [0.1, 0.15) is 5.76 Å². The largest absolute Gasteiger partial charge is 0.472 e. The number of furan rings is 1. The second kappa shape index (κ2) is 11.7. The van der Waals surface area contributed by atoms with E-state index in [2.05, 4.69) is 186 Å². The van der Waals surface area contributed by atoms with Gasteiger partial charge >= 0.3 is 0 Å². The van der Waals surface area contributed by atoms with Gasteiger partial charge in [-0.3, -0.25) is 0 Å². The molecule has 2 aliphatic heterocycles. The van der Waals surface area contributed by atoms with Crippen molar-refractivity contribution in [3.8, 4) is 0 Å². The first-order chi connectivity index (χ1) is 25.0. The van der Waals surface area contributed by atoms with Crippen LogP contribution in [0.5, 0.6) is 0 Å². The summed E-state index contributed by atoms with van der Waals surface area (Å²) >= 11 is 0. The van der Waals surface area contributed by atoms with Crippen LogP contribution < -0.4 is 26.4 Å². The van der Waals surface area contributed by atoms with Crippen molar-refractivity contribution in [1.82, 2.24) is 0 Å². The molecule has 0 spiro atoms. The summed E-state index contributed by atoms with van der Waals surface area (Å²) in [4.78, 5) is 5.15. The van der Waals surface area contributed by atoms with Gasteiger partial charge in [-0.2, -0.15) is 0 Å². The van der Waals surface area contributed by atoms with E-state index in [0.717, 1.165) is 24.3 Å². The van der Waals surface area contributed by atoms with E-state index in [0.29, 0.717) is 0 Å². The first-order valence-corrected chi connectivity index (χ1v) is 20.3. The molecule has 0 atom stereocenters. The Bertz CT molecular complexity index is 2320. The zero-order valence-electron chi connectivity index (χ0n) is 35.7. The van der Waals surface area contributed by atoms with Crippen molar-refractivity contribution in [2.75, 3.05) is 9.80 Å². The summed E-state index contributed by atoms with van der Waals surface area (Å²) in [6.45, 7) is 35.0. The first-order valence-electron chi connectivity index (χ1n) is 20.3. The highest BCUT2D eigenvalue weighted by Gasteiger charge is 2.52. The van der Waals surface area contributed by atoms with Crippen LogP contribution in [-0.4, -0.2) is 6.71 Å².